The summed E-state index contributed by atoms with van der Waals surface area (Å²) in [7, 11) is 4.96. The molecule has 0 aliphatic carbocycles. The van der Waals surface area contributed by atoms with Gasteiger partial charge >= 0.3 is 6.01 Å². The van der Waals surface area contributed by atoms with Gasteiger partial charge in [0, 0.05) is 27.2 Å². The smallest absolute Gasteiger partial charge is 0.322 e. The van der Waals surface area contributed by atoms with E-state index >= 15 is 0 Å². The maximum absolute atomic E-state index is 12.5. The van der Waals surface area contributed by atoms with Crippen LogP contribution >= 0.6 is 0 Å². The molecule has 126 valence electrons. The van der Waals surface area contributed by atoms with E-state index in [1.807, 2.05) is 20.0 Å². The van der Waals surface area contributed by atoms with Crippen LogP contribution in [-0.4, -0.2) is 66.1 Å². The molecule has 1 aromatic heterocycles. The molecular formula is C14H23N7O2. The number of aromatic nitrogens is 3. The minimum Gasteiger partial charge on any atom is -0.467 e. The number of hydrogen-bond donors (Lipinski definition) is 0. The molecule has 0 fully saturated rings. The topological polar surface area (TPSA) is 98.5 Å². The van der Waals surface area contributed by atoms with Crippen LogP contribution in [0.1, 0.15) is 20.8 Å². The van der Waals surface area contributed by atoms with Gasteiger partial charge in [0.1, 0.15) is 6.04 Å². The Morgan fingerprint density at radius 3 is 2.22 bits per heavy atom. The third kappa shape index (κ3) is 4.18. The summed E-state index contributed by atoms with van der Waals surface area (Å²) >= 11 is 0. The van der Waals surface area contributed by atoms with Crippen molar-refractivity contribution in [1.29, 1.82) is 5.26 Å². The molecule has 0 unspecified atom stereocenters. The molecule has 1 aromatic rings. The van der Waals surface area contributed by atoms with Crippen molar-refractivity contribution in [3.63, 3.8) is 0 Å². The molecule has 9 heteroatoms. The SMILES string of the molecule is CCN(CC)C(=O)[C@H](C)N(C#N)c1nc(OC)nc(N(C)C)n1. The summed E-state index contributed by atoms with van der Waals surface area (Å²) in [6.07, 6.45) is 1.98. The summed E-state index contributed by atoms with van der Waals surface area (Å²) in [6, 6.07) is -0.636. The van der Waals surface area contributed by atoms with Crippen LogP contribution in [0.5, 0.6) is 6.01 Å². The number of amides is 1. The van der Waals surface area contributed by atoms with Gasteiger partial charge in [0.25, 0.3) is 0 Å². The van der Waals surface area contributed by atoms with Crippen LogP contribution in [0.25, 0.3) is 0 Å². The fraction of sp³-hybridized carbons (Fsp3) is 0.643. The average molecular weight is 321 g/mol. The first-order valence-electron chi connectivity index (χ1n) is 7.34. The van der Waals surface area contributed by atoms with E-state index in [-0.39, 0.29) is 17.9 Å². The minimum absolute atomic E-state index is 0.0797. The third-order valence-corrected chi connectivity index (χ3v) is 3.32. The Bertz CT molecular complexity index is 581. The summed E-state index contributed by atoms with van der Waals surface area (Å²) in [4.78, 5) is 29.4. The molecule has 23 heavy (non-hydrogen) atoms. The normalized spacial score (nSPS) is 11.3. The zero-order valence-corrected chi connectivity index (χ0v) is 14.4. The van der Waals surface area contributed by atoms with Gasteiger partial charge in [-0.2, -0.15) is 20.2 Å². The predicted octanol–water partition coefficient (Wildman–Crippen LogP) is 0.491. The highest BCUT2D eigenvalue weighted by molar-refractivity contribution is 5.85. The molecule has 0 aliphatic rings. The molecule has 0 N–H and O–H groups in total. The van der Waals surface area contributed by atoms with Crippen LogP contribution in [0.15, 0.2) is 0 Å². The Balaban J connectivity index is 3.22. The van der Waals surface area contributed by atoms with Crippen LogP contribution in [0.2, 0.25) is 0 Å². The van der Waals surface area contributed by atoms with Gasteiger partial charge in [0.15, 0.2) is 6.19 Å². The van der Waals surface area contributed by atoms with Crippen molar-refractivity contribution in [3.05, 3.63) is 0 Å². The van der Waals surface area contributed by atoms with Crippen molar-refractivity contribution in [2.75, 3.05) is 44.1 Å². The summed E-state index contributed by atoms with van der Waals surface area (Å²) in [5, 5.41) is 9.47. The van der Waals surface area contributed by atoms with Crippen LogP contribution < -0.4 is 14.5 Å². The summed E-state index contributed by atoms with van der Waals surface area (Å²) < 4.78 is 5.05. The quantitative estimate of drug-likeness (QED) is 0.528. The van der Waals surface area contributed by atoms with Crippen LogP contribution in [-0.2, 0) is 4.79 Å². The van der Waals surface area contributed by atoms with Gasteiger partial charge in [-0.1, -0.05) is 0 Å². The van der Waals surface area contributed by atoms with E-state index in [9.17, 15) is 10.1 Å². The van der Waals surface area contributed by atoms with Crippen molar-refractivity contribution < 1.29 is 9.53 Å². The first-order valence-corrected chi connectivity index (χ1v) is 7.34. The minimum atomic E-state index is -0.720. The number of carbonyl (C=O) groups excluding carboxylic acids is 1. The molecule has 0 spiro atoms. The second-order valence-corrected chi connectivity index (χ2v) is 4.97. The number of methoxy groups -OCH3 is 1. The number of hydrogen-bond acceptors (Lipinski definition) is 8. The van der Waals surface area contributed by atoms with Gasteiger partial charge < -0.3 is 14.5 Å². The van der Waals surface area contributed by atoms with E-state index in [1.165, 1.54) is 7.11 Å². The zero-order chi connectivity index (χ0) is 17.6. The number of likely N-dealkylation sites (N-methyl/N-ethyl adjacent to an activating group) is 1. The molecule has 9 nitrogen and oxygen atoms in total. The molecule has 1 rings (SSSR count). The van der Waals surface area contributed by atoms with Gasteiger partial charge in [0.2, 0.25) is 17.8 Å². The molecule has 1 atom stereocenters. The fourth-order valence-corrected chi connectivity index (χ4v) is 1.95. The lowest BCUT2D eigenvalue weighted by Crippen LogP contribution is -2.46. The summed E-state index contributed by atoms with van der Waals surface area (Å²) in [6.45, 7) is 6.57. The summed E-state index contributed by atoms with van der Waals surface area (Å²) in [5.74, 6) is 0.257. The molecule has 0 bridgehead atoms. The fourth-order valence-electron chi connectivity index (χ4n) is 1.95. The number of nitriles is 1. The average Bonchev–Trinajstić information content (AvgIpc) is 2.55. The molecule has 0 aliphatic heterocycles. The van der Waals surface area contributed by atoms with E-state index in [4.69, 9.17) is 4.74 Å². The molecule has 0 saturated heterocycles. The van der Waals surface area contributed by atoms with Crippen LogP contribution in [0.4, 0.5) is 11.9 Å². The lowest BCUT2D eigenvalue weighted by atomic mass is 10.2. The largest absolute Gasteiger partial charge is 0.467 e. The van der Waals surface area contributed by atoms with E-state index in [2.05, 4.69) is 15.0 Å². The van der Waals surface area contributed by atoms with Gasteiger partial charge in [-0.3, -0.25) is 4.79 Å². The van der Waals surface area contributed by atoms with Crippen LogP contribution in [0.3, 0.4) is 0 Å². The van der Waals surface area contributed by atoms with Crippen molar-refractivity contribution in [2.45, 2.75) is 26.8 Å². The number of carbonyl (C=O) groups is 1. The Kier molecular flexibility index (Phi) is 6.50. The number of ether oxygens (including phenoxy) is 1. The second kappa shape index (κ2) is 8.12. The third-order valence-electron chi connectivity index (χ3n) is 3.32. The lowest BCUT2D eigenvalue weighted by molar-refractivity contribution is -0.131. The Labute approximate surface area is 136 Å². The molecule has 1 amide bonds. The summed E-state index contributed by atoms with van der Waals surface area (Å²) in [5.41, 5.74) is 0. The molecule has 0 radical (unpaired) electrons. The first kappa shape index (κ1) is 18.4. The first-order chi connectivity index (χ1) is 10.9. The molecule has 0 aromatic carbocycles. The van der Waals surface area contributed by atoms with E-state index < -0.39 is 6.04 Å². The standard InChI is InChI=1S/C14H23N7O2/c1-7-20(8-2)11(22)10(3)21(9-15)13-16-12(19(4)5)17-14(18-13)23-6/h10H,7-8H2,1-6H3/t10-/m0/s1. The number of rotatable bonds is 7. The van der Waals surface area contributed by atoms with E-state index in [0.29, 0.717) is 19.0 Å². The number of nitrogens with zero attached hydrogens (tertiary/aromatic N) is 7. The van der Waals surface area contributed by atoms with Crippen molar-refractivity contribution in [1.82, 2.24) is 19.9 Å². The Morgan fingerprint density at radius 2 is 1.78 bits per heavy atom. The van der Waals surface area contributed by atoms with Crippen molar-refractivity contribution >= 4 is 17.8 Å². The van der Waals surface area contributed by atoms with Gasteiger partial charge in [-0.25, -0.2) is 4.90 Å². The second-order valence-electron chi connectivity index (χ2n) is 4.97. The highest BCUT2D eigenvalue weighted by atomic mass is 16.5. The Hall–Kier alpha value is -2.63. The number of anilines is 2. The van der Waals surface area contributed by atoms with E-state index in [1.54, 1.807) is 30.8 Å². The molecule has 1 heterocycles. The maximum atomic E-state index is 12.5. The van der Waals surface area contributed by atoms with Gasteiger partial charge in [0.05, 0.1) is 7.11 Å². The predicted molar refractivity (Wildman–Crippen MR) is 86.2 cm³/mol. The monoisotopic (exact) mass is 321 g/mol. The Morgan fingerprint density at radius 1 is 1.22 bits per heavy atom. The maximum Gasteiger partial charge on any atom is 0.322 e. The van der Waals surface area contributed by atoms with Crippen LogP contribution in [0, 0.1) is 11.5 Å². The molecular weight excluding hydrogens is 298 g/mol. The lowest BCUT2D eigenvalue weighted by Gasteiger charge is -2.27. The van der Waals surface area contributed by atoms with Gasteiger partial charge in [-0.05, 0) is 20.8 Å². The zero-order valence-electron chi connectivity index (χ0n) is 14.4. The van der Waals surface area contributed by atoms with E-state index in [0.717, 1.165) is 4.90 Å². The van der Waals surface area contributed by atoms with Crippen molar-refractivity contribution in [2.24, 2.45) is 0 Å². The van der Waals surface area contributed by atoms with Crippen molar-refractivity contribution in [3.8, 4) is 12.2 Å². The highest BCUT2D eigenvalue weighted by Crippen LogP contribution is 2.18. The van der Waals surface area contributed by atoms with Gasteiger partial charge in [-0.15, -0.1) is 0 Å². The molecule has 0 saturated carbocycles. The highest BCUT2D eigenvalue weighted by Gasteiger charge is 2.28.